The Kier molecular flexibility index (Phi) is 2.00. The van der Waals surface area contributed by atoms with Crippen molar-refractivity contribution in [2.24, 2.45) is 5.92 Å². The number of halogens is 1. The summed E-state index contributed by atoms with van der Waals surface area (Å²) in [6.45, 7) is 4.08. The van der Waals surface area contributed by atoms with E-state index in [4.69, 9.17) is 16.3 Å². The van der Waals surface area contributed by atoms with Gasteiger partial charge in [0.15, 0.2) is 5.06 Å². The Hall–Kier alpha value is -0.990. The molecule has 2 saturated heterocycles. The van der Waals surface area contributed by atoms with Crippen molar-refractivity contribution in [1.29, 1.82) is 0 Å². The highest BCUT2D eigenvalue weighted by molar-refractivity contribution is 6.24. The molecule has 0 saturated carbocycles. The lowest BCUT2D eigenvalue weighted by Gasteiger charge is -2.24. The van der Waals surface area contributed by atoms with E-state index >= 15 is 0 Å². The lowest BCUT2D eigenvalue weighted by molar-refractivity contribution is 0.0152. The molecule has 0 amide bonds. The molecule has 3 atom stereocenters. The zero-order valence-electron chi connectivity index (χ0n) is 10.4. The van der Waals surface area contributed by atoms with E-state index in [1.165, 1.54) is 11.3 Å². The number of fused-ring (bicyclic) bond motifs is 1. The third kappa shape index (κ3) is 1.39. The Morgan fingerprint density at radius 3 is 2.72 bits per heavy atom. The van der Waals surface area contributed by atoms with Gasteiger partial charge >= 0.3 is 0 Å². The maximum atomic E-state index is 6.38. The molecule has 3 heterocycles. The largest absolute Gasteiger partial charge is 0.368 e. The van der Waals surface area contributed by atoms with Gasteiger partial charge in [-0.3, -0.25) is 0 Å². The van der Waals surface area contributed by atoms with Crippen molar-refractivity contribution in [3.63, 3.8) is 0 Å². The number of nitrogens with zero attached hydrogens (tertiary/aromatic N) is 1. The minimum Gasteiger partial charge on any atom is -0.368 e. The molecule has 2 bridgehead atoms. The molecule has 0 N–H and O–H groups in total. The zero-order valence-corrected chi connectivity index (χ0v) is 11.2. The van der Waals surface area contributed by atoms with Crippen LogP contribution in [0.1, 0.15) is 12.0 Å². The van der Waals surface area contributed by atoms with E-state index in [0.29, 0.717) is 5.92 Å². The summed E-state index contributed by atoms with van der Waals surface area (Å²) in [6, 6.07) is 8.72. The summed E-state index contributed by atoms with van der Waals surface area (Å²) in [5, 5.41) is -0.510. The molecule has 1 aromatic carbocycles. The van der Waals surface area contributed by atoms with Crippen molar-refractivity contribution in [1.82, 2.24) is 0 Å². The van der Waals surface area contributed by atoms with E-state index < -0.39 is 5.06 Å². The fourth-order valence-electron chi connectivity index (χ4n) is 3.50. The van der Waals surface area contributed by atoms with Gasteiger partial charge in [0.25, 0.3) is 0 Å². The summed E-state index contributed by atoms with van der Waals surface area (Å²) in [5.74, 6) is 0.529. The van der Waals surface area contributed by atoms with E-state index in [1.54, 1.807) is 0 Å². The lowest BCUT2D eigenvalue weighted by atomic mass is 9.86. The standard InChI is InChI=1S/C15H16ClNO/c1-11-2-4-13(5-3-11)17-9-12-8-15(16)7-6-14(12,10-17)18-15/h2-7,12H,8-10H2,1H3/t12-,14+,15+/m1/s1. The molecule has 0 aromatic heterocycles. The molecule has 2 fully saturated rings. The fourth-order valence-corrected chi connectivity index (χ4v) is 3.89. The minimum atomic E-state index is -0.510. The van der Waals surface area contributed by atoms with Crippen LogP contribution in [-0.2, 0) is 4.74 Å². The molecule has 2 nitrogen and oxygen atoms in total. The monoisotopic (exact) mass is 261 g/mol. The first kappa shape index (κ1) is 10.9. The Balaban J connectivity index is 1.62. The summed E-state index contributed by atoms with van der Waals surface area (Å²) < 4.78 is 6.06. The van der Waals surface area contributed by atoms with Crippen LogP contribution < -0.4 is 4.90 Å². The van der Waals surface area contributed by atoms with Crippen LogP contribution in [0, 0.1) is 12.8 Å². The Labute approximate surface area is 112 Å². The molecule has 3 heteroatoms. The average Bonchev–Trinajstić information content (AvgIpc) is 2.91. The van der Waals surface area contributed by atoms with Gasteiger partial charge in [-0.1, -0.05) is 35.4 Å². The number of rotatable bonds is 1. The number of aryl methyl sites for hydroxylation is 1. The van der Waals surface area contributed by atoms with Gasteiger partial charge in [0.1, 0.15) is 5.60 Å². The van der Waals surface area contributed by atoms with Crippen molar-refractivity contribution < 1.29 is 4.74 Å². The van der Waals surface area contributed by atoms with Crippen molar-refractivity contribution in [3.8, 4) is 0 Å². The summed E-state index contributed by atoms with van der Waals surface area (Å²) in [7, 11) is 0. The Morgan fingerprint density at radius 1 is 1.28 bits per heavy atom. The first-order chi connectivity index (χ1) is 8.59. The Morgan fingerprint density at radius 2 is 2.06 bits per heavy atom. The molecule has 1 aromatic rings. The molecule has 1 spiro atoms. The van der Waals surface area contributed by atoms with Crippen LogP contribution >= 0.6 is 11.6 Å². The van der Waals surface area contributed by atoms with Crippen LogP contribution in [0.5, 0.6) is 0 Å². The molecule has 0 unspecified atom stereocenters. The molecule has 0 radical (unpaired) electrons. The predicted octanol–water partition coefficient (Wildman–Crippen LogP) is 3.10. The highest BCUT2D eigenvalue weighted by Crippen LogP contribution is 2.55. The second kappa shape index (κ2) is 3.31. The van der Waals surface area contributed by atoms with Crippen LogP contribution in [0.15, 0.2) is 36.4 Å². The highest BCUT2D eigenvalue weighted by Gasteiger charge is 2.61. The van der Waals surface area contributed by atoms with Gasteiger partial charge in [0.2, 0.25) is 0 Å². The molecule has 4 rings (SSSR count). The van der Waals surface area contributed by atoms with Gasteiger partial charge in [0.05, 0.1) is 6.54 Å². The van der Waals surface area contributed by atoms with E-state index in [2.05, 4.69) is 42.2 Å². The maximum Gasteiger partial charge on any atom is 0.162 e. The van der Waals surface area contributed by atoms with E-state index in [1.807, 2.05) is 6.08 Å². The van der Waals surface area contributed by atoms with Crippen LogP contribution in [-0.4, -0.2) is 23.8 Å². The van der Waals surface area contributed by atoms with Crippen molar-refractivity contribution >= 4 is 17.3 Å². The smallest absolute Gasteiger partial charge is 0.162 e. The first-order valence-corrected chi connectivity index (χ1v) is 6.88. The van der Waals surface area contributed by atoms with Gasteiger partial charge in [-0.25, -0.2) is 0 Å². The zero-order chi connectivity index (χ0) is 12.4. The van der Waals surface area contributed by atoms with Crippen LogP contribution in [0.3, 0.4) is 0 Å². The molecular weight excluding hydrogens is 246 g/mol. The summed E-state index contributed by atoms with van der Waals surface area (Å²) >= 11 is 6.38. The number of hydrogen-bond donors (Lipinski definition) is 0. The van der Waals surface area contributed by atoms with Gasteiger partial charge in [0, 0.05) is 24.6 Å². The molecule has 3 aliphatic heterocycles. The van der Waals surface area contributed by atoms with Crippen LogP contribution in [0.25, 0.3) is 0 Å². The minimum absolute atomic E-state index is 0.132. The molecule has 18 heavy (non-hydrogen) atoms. The molecule has 0 aliphatic carbocycles. The van der Waals surface area contributed by atoms with Crippen LogP contribution in [0.2, 0.25) is 0 Å². The second-order valence-electron chi connectivity index (χ2n) is 5.79. The van der Waals surface area contributed by atoms with Gasteiger partial charge in [-0.2, -0.15) is 0 Å². The van der Waals surface area contributed by atoms with Crippen molar-refractivity contribution in [3.05, 3.63) is 42.0 Å². The van der Waals surface area contributed by atoms with Gasteiger partial charge in [-0.05, 0) is 25.1 Å². The molecular formula is C15H16ClNO. The molecule has 94 valence electrons. The molecule has 3 aliphatic rings. The maximum absolute atomic E-state index is 6.38. The first-order valence-electron chi connectivity index (χ1n) is 6.50. The lowest BCUT2D eigenvalue weighted by Crippen LogP contribution is -2.33. The number of hydrogen-bond acceptors (Lipinski definition) is 2. The third-order valence-electron chi connectivity index (χ3n) is 4.47. The Bertz CT molecular complexity index is 526. The van der Waals surface area contributed by atoms with Crippen molar-refractivity contribution in [2.45, 2.75) is 24.0 Å². The summed E-state index contributed by atoms with van der Waals surface area (Å²) in [4.78, 5) is 2.41. The summed E-state index contributed by atoms with van der Waals surface area (Å²) in [5.41, 5.74) is 2.45. The normalized spacial score (nSPS) is 40.6. The summed E-state index contributed by atoms with van der Waals surface area (Å²) in [6.07, 6.45) is 5.15. The quantitative estimate of drug-likeness (QED) is 0.569. The number of ether oxygens (including phenoxy) is 1. The predicted molar refractivity (Wildman–Crippen MR) is 73.0 cm³/mol. The third-order valence-corrected chi connectivity index (χ3v) is 4.83. The van der Waals surface area contributed by atoms with E-state index in [-0.39, 0.29) is 5.60 Å². The second-order valence-corrected chi connectivity index (χ2v) is 6.43. The van der Waals surface area contributed by atoms with E-state index in [9.17, 15) is 0 Å². The van der Waals surface area contributed by atoms with Gasteiger partial charge < -0.3 is 9.64 Å². The van der Waals surface area contributed by atoms with Gasteiger partial charge in [-0.15, -0.1) is 0 Å². The number of anilines is 1. The topological polar surface area (TPSA) is 12.5 Å². The average molecular weight is 262 g/mol. The van der Waals surface area contributed by atoms with Crippen molar-refractivity contribution in [2.75, 3.05) is 18.0 Å². The fraction of sp³-hybridized carbons (Fsp3) is 0.467. The van der Waals surface area contributed by atoms with E-state index in [0.717, 1.165) is 19.5 Å². The number of benzene rings is 1. The van der Waals surface area contributed by atoms with Crippen LogP contribution in [0.4, 0.5) is 5.69 Å². The highest BCUT2D eigenvalue weighted by atomic mass is 35.5. The SMILES string of the molecule is Cc1ccc(N2C[C@H]3C[C@]4(Cl)C=C[C@@]3(C2)O4)cc1. The number of alkyl halides is 1.